The van der Waals surface area contributed by atoms with Crippen LogP contribution in [0.1, 0.15) is 23.9 Å². The summed E-state index contributed by atoms with van der Waals surface area (Å²) in [6.45, 7) is 1.71. The third-order valence-electron chi connectivity index (χ3n) is 2.46. The van der Waals surface area contributed by atoms with Gasteiger partial charge in [0, 0.05) is 17.0 Å². The highest BCUT2D eigenvalue weighted by atomic mass is 79.9. The van der Waals surface area contributed by atoms with Crippen LogP contribution < -0.4 is 0 Å². The van der Waals surface area contributed by atoms with E-state index < -0.39 is 11.6 Å². The average molecular weight is 315 g/mol. The Kier molecular flexibility index (Phi) is 3.61. The van der Waals surface area contributed by atoms with Gasteiger partial charge in [0.05, 0.1) is 5.56 Å². The van der Waals surface area contributed by atoms with E-state index in [1.54, 1.807) is 6.92 Å². The van der Waals surface area contributed by atoms with Gasteiger partial charge in [-0.3, -0.25) is 4.79 Å². The number of benzene rings is 1. The average Bonchev–Trinajstić information content (AvgIpc) is 2.76. The Hall–Kier alpha value is -1.49. The van der Waals surface area contributed by atoms with Crippen LogP contribution in [-0.2, 0) is 0 Å². The van der Waals surface area contributed by atoms with Crippen molar-refractivity contribution in [3.05, 3.63) is 46.1 Å². The lowest BCUT2D eigenvalue weighted by molar-refractivity contribution is 0.0962. The highest BCUT2D eigenvalue weighted by Gasteiger charge is 2.17. The zero-order valence-electron chi connectivity index (χ0n) is 9.47. The Morgan fingerprint density at radius 1 is 1.33 bits per heavy atom. The summed E-state index contributed by atoms with van der Waals surface area (Å²) in [5.41, 5.74) is 0.103. The summed E-state index contributed by atoms with van der Waals surface area (Å²) in [6.07, 6.45) is 0.306. The third kappa shape index (κ3) is 2.36. The van der Waals surface area contributed by atoms with E-state index in [4.69, 9.17) is 4.42 Å². The second-order valence-electron chi connectivity index (χ2n) is 3.69. The van der Waals surface area contributed by atoms with Crippen molar-refractivity contribution in [2.24, 2.45) is 0 Å². The monoisotopic (exact) mass is 314 g/mol. The highest BCUT2D eigenvalue weighted by molar-refractivity contribution is 9.10. The zero-order valence-corrected chi connectivity index (χ0v) is 11.1. The van der Waals surface area contributed by atoms with Crippen LogP contribution in [0.5, 0.6) is 0 Å². The van der Waals surface area contributed by atoms with E-state index in [2.05, 4.69) is 15.9 Å². The van der Waals surface area contributed by atoms with Crippen LogP contribution in [-0.4, -0.2) is 5.78 Å². The van der Waals surface area contributed by atoms with Crippen LogP contribution >= 0.6 is 15.9 Å². The molecule has 0 aliphatic heterocycles. The summed E-state index contributed by atoms with van der Waals surface area (Å²) in [6, 6.07) is 4.88. The van der Waals surface area contributed by atoms with E-state index in [1.807, 2.05) is 0 Å². The van der Waals surface area contributed by atoms with E-state index in [1.165, 1.54) is 12.1 Å². The fourth-order valence-electron chi connectivity index (χ4n) is 1.57. The molecule has 18 heavy (non-hydrogen) atoms. The van der Waals surface area contributed by atoms with Crippen molar-refractivity contribution in [2.75, 3.05) is 0 Å². The van der Waals surface area contributed by atoms with E-state index in [9.17, 15) is 13.6 Å². The maximum atomic E-state index is 13.7. The van der Waals surface area contributed by atoms with Crippen LogP contribution in [0.3, 0.4) is 0 Å². The molecule has 1 aromatic heterocycles. The first-order valence-corrected chi connectivity index (χ1v) is 6.10. The SMILES string of the molecule is CCC(=O)c1ccc(-c2c(F)cc(F)cc2Br)o1. The van der Waals surface area contributed by atoms with Gasteiger partial charge in [0.25, 0.3) is 0 Å². The largest absolute Gasteiger partial charge is 0.453 e. The van der Waals surface area contributed by atoms with E-state index in [-0.39, 0.29) is 27.3 Å². The summed E-state index contributed by atoms with van der Waals surface area (Å²) in [4.78, 5) is 11.4. The standard InChI is InChI=1S/C13H9BrF2O2/c1-2-10(17)11-3-4-12(18-11)13-8(14)5-7(15)6-9(13)16/h3-6H,2H2,1H3. The van der Waals surface area contributed by atoms with Crippen LogP contribution in [0, 0.1) is 11.6 Å². The molecule has 0 radical (unpaired) electrons. The first-order chi connectivity index (χ1) is 8.52. The second kappa shape index (κ2) is 5.02. The number of halogens is 3. The molecule has 0 amide bonds. The molecule has 1 heterocycles. The lowest BCUT2D eigenvalue weighted by Crippen LogP contribution is -1.92. The molecule has 0 atom stereocenters. The van der Waals surface area contributed by atoms with Crippen molar-refractivity contribution in [2.45, 2.75) is 13.3 Å². The van der Waals surface area contributed by atoms with Gasteiger partial charge in [-0.1, -0.05) is 6.92 Å². The number of Topliss-reactive ketones (excluding diaryl/α,β-unsaturated/α-hetero) is 1. The Balaban J connectivity index is 2.49. The van der Waals surface area contributed by atoms with Crippen LogP contribution in [0.2, 0.25) is 0 Å². The Labute approximate surface area is 111 Å². The number of hydrogen-bond acceptors (Lipinski definition) is 2. The molecule has 0 aliphatic carbocycles. The molecule has 0 fully saturated rings. The second-order valence-corrected chi connectivity index (χ2v) is 4.54. The molecule has 0 aliphatic rings. The fraction of sp³-hybridized carbons (Fsp3) is 0.154. The van der Waals surface area contributed by atoms with E-state index >= 15 is 0 Å². The molecule has 0 bridgehead atoms. The van der Waals surface area contributed by atoms with Crippen molar-refractivity contribution >= 4 is 21.7 Å². The molecule has 5 heteroatoms. The van der Waals surface area contributed by atoms with Gasteiger partial charge >= 0.3 is 0 Å². The molecule has 1 aromatic carbocycles. The minimum Gasteiger partial charge on any atom is -0.453 e. The molecule has 2 nitrogen and oxygen atoms in total. The first kappa shape index (κ1) is 13.0. The number of carbonyl (C=O) groups excluding carboxylic acids is 1. The van der Waals surface area contributed by atoms with Crippen LogP contribution in [0.4, 0.5) is 8.78 Å². The van der Waals surface area contributed by atoms with Gasteiger partial charge in [-0.05, 0) is 34.1 Å². The van der Waals surface area contributed by atoms with Crippen molar-refractivity contribution in [1.29, 1.82) is 0 Å². The summed E-state index contributed by atoms with van der Waals surface area (Å²) in [5, 5.41) is 0. The molecular formula is C13H9BrF2O2. The van der Waals surface area contributed by atoms with Crippen molar-refractivity contribution in [3.63, 3.8) is 0 Å². The maximum Gasteiger partial charge on any atom is 0.197 e. The maximum absolute atomic E-state index is 13.7. The minimum absolute atomic E-state index is 0.103. The lowest BCUT2D eigenvalue weighted by atomic mass is 10.1. The number of hydrogen-bond donors (Lipinski definition) is 0. The van der Waals surface area contributed by atoms with Gasteiger partial charge in [0.1, 0.15) is 17.4 Å². The van der Waals surface area contributed by atoms with Crippen molar-refractivity contribution < 1.29 is 18.0 Å². The zero-order chi connectivity index (χ0) is 13.3. The van der Waals surface area contributed by atoms with E-state index in [0.717, 1.165) is 12.1 Å². The molecule has 0 unspecified atom stereocenters. The Morgan fingerprint density at radius 3 is 2.67 bits per heavy atom. The quantitative estimate of drug-likeness (QED) is 0.776. The Bertz CT molecular complexity index is 582. The topological polar surface area (TPSA) is 30.2 Å². The van der Waals surface area contributed by atoms with Crippen molar-refractivity contribution in [3.8, 4) is 11.3 Å². The summed E-state index contributed by atoms with van der Waals surface area (Å²) < 4.78 is 32.2. The smallest absolute Gasteiger partial charge is 0.197 e. The third-order valence-corrected chi connectivity index (χ3v) is 3.08. The number of ketones is 1. The van der Waals surface area contributed by atoms with Gasteiger partial charge in [-0.15, -0.1) is 0 Å². The summed E-state index contributed by atoms with van der Waals surface area (Å²) in [7, 11) is 0. The van der Waals surface area contributed by atoms with Gasteiger partial charge in [0.2, 0.25) is 0 Å². The van der Waals surface area contributed by atoms with Crippen LogP contribution in [0.15, 0.2) is 33.2 Å². The fourth-order valence-corrected chi connectivity index (χ4v) is 2.18. The molecule has 0 N–H and O–H groups in total. The van der Waals surface area contributed by atoms with E-state index in [0.29, 0.717) is 6.42 Å². The Morgan fingerprint density at radius 2 is 2.06 bits per heavy atom. The summed E-state index contributed by atoms with van der Waals surface area (Å²) >= 11 is 3.07. The van der Waals surface area contributed by atoms with Gasteiger partial charge in [-0.2, -0.15) is 0 Å². The molecule has 94 valence electrons. The molecule has 2 aromatic rings. The molecule has 0 saturated carbocycles. The molecule has 0 saturated heterocycles. The number of carbonyl (C=O) groups is 1. The van der Waals surface area contributed by atoms with Crippen LogP contribution in [0.25, 0.3) is 11.3 Å². The predicted molar refractivity (Wildman–Crippen MR) is 66.4 cm³/mol. The molecule has 0 spiro atoms. The first-order valence-electron chi connectivity index (χ1n) is 5.31. The molecule has 2 rings (SSSR count). The van der Waals surface area contributed by atoms with Gasteiger partial charge < -0.3 is 4.42 Å². The van der Waals surface area contributed by atoms with Gasteiger partial charge in [-0.25, -0.2) is 8.78 Å². The van der Waals surface area contributed by atoms with Gasteiger partial charge in [0.15, 0.2) is 11.5 Å². The van der Waals surface area contributed by atoms with Crippen molar-refractivity contribution in [1.82, 2.24) is 0 Å². The number of furan rings is 1. The normalized spacial score (nSPS) is 10.7. The highest BCUT2D eigenvalue weighted by Crippen LogP contribution is 2.33. The predicted octanol–water partition coefficient (Wildman–Crippen LogP) is 4.58. The molecular weight excluding hydrogens is 306 g/mol. The lowest BCUT2D eigenvalue weighted by Gasteiger charge is -2.03. The number of rotatable bonds is 3. The summed E-state index contributed by atoms with van der Waals surface area (Å²) in [5.74, 6) is -1.23. The minimum atomic E-state index is -0.744.